The molecular weight excluding hydrogens is 267 g/mol. The summed E-state index contributed by atoms with van der Waals surface area (Å²) in [4.78, 5) is 16.1. The number of hydrogen-bond donors (Lipinski definition) is 1. The highest BCUT2D eigenvalue weighted by atomic mass is 32.1. The number of ether oxygens (including phenoxy) is 1. The summed E-state index contributed by atoms with van der Waals surface area (Å²) in [5, 5.41) is 5.47. The van der Waals surface area contributed by atoms with E-state index in [-0.39, 0.29) is 5.82 Å². The molecule has 0 radical (unpaired) electrons. The predicted octanol–water partition coefficient (Wildman–Crippen LogP) is 2.92. The van der Waals surface area contributed by atoms with Gasteiger partial charge in [-0.3, -0.25) is 0 Å². The van der Waals surface area contributed by atoms with Gasteiger partial charge in [0, 0.05) is 16.8 Å². The molecule has 4 nitrogen and oxygen atoms in total. The van der Waals surface area contributed by atoms with Gasteiger partial charge in [-0.1, -0.05) is 0 Å². The summed E-state index contributed by atoms with van der Waals surface area (Å²) in [6.45, 7) is 1.85. The van der Waals surface area contributed by atoms with Crippen LogP contribution in [0.4, 0.5) is 10.1 Å². The Morgan fingerprint density at radius 3 is 2.63 bits per heavy atom. The van der Waals surface area contributed by atoms with E-state index in [4.69, 9.17) is 4.74 Å². The van der Waals surface area contributed by atoms with Crippen LogP contribution in [0.3, 0.4) is 0 Å². The molecule has 2 aromatic rings. The van der Waals surface area contributed by atoms with E-state index in [0.29, 0.717) is 10.7 Å². The number of thiazole rings is 1. The van der Waals surface area contributed by atoms with E-state index in [2.05, 4.69) is 10.3 Å². The van der Waals surface area contributed by atoms with Crippen LogP contribution in [0.2, 0.25) is 0 Å². The molecule has 0 aliphatic carbocycles. The molecule has 1 aromatic carbocycles. The Hall–Kier alpha value is -1.95. The molecule has 0 saturated heterocycles. The van der Waals surface area contributed by atoms with Crippen molar-refractivity contribution in [2.24, 2.45) is 0 Å². The molecule has 0 aliphatic heterocycles. The first-order chi connectivity index (χ1) is 9.10. The highest BCUT2D eigenvalue weighted by molar-refractivity contribution is 7.09. The van der Waals surface area contributed by atoms with Crippen molar-refractivity contribution in [3.05, 3.63) is 46.2 Å². The Morgan fingerprint density at radius 2 is 2.11 bits per heavy atom. The summed E-state index contributed by atoms with van der Waals surface area (Å²) in [6.07, 6.45) is 0. The van der Waals surface area contributed by atoms with Crippen LogP contribution in [0.1, 0.15) is 16.7 Å². The second kappa shape index (κ2) is 5.79. The van der Waals surface area contributed by atoms with E-state index < -0.39 is 12.0 Å². The number of nitrogens with zero attached hydrogens (tertiary/aromatic N) is 1. The third-order valence-corrected chi connectivity index (χ3v) is 3.50. The largest absolute Gasteiger partial charge is 0.467 e. The van der Waals surface area contributed by atoms with Gasteiger partial charge in [-0.05, 0) is 31.2 Å². The predicted molar refractivity (Wildman–Crippen MR) is 71.6 cm³/mol. The van der Waals surface area contributed by atoms with Crippen molar-refractivity contribution in [1.82, 2.24) is 4.98 Å². The minimum atomic E-state index is -0.686. The Kier molecular flexibility index (Phi) is 4.11. The maximum atomic E-state index is 12.8. The number of esters is 1. The molecule has 0 aliphatic rings. The summed E-state index contributed by atoms with van der Waals surface area (Å²) in [7, 11) is 1.32. The van der Waals surface area contributed by atoms with Gasteiger partial charge < -0.3 is 10.1 Å². The van der Waals surface area contributed by atoms with Crippen LogP contribution in [-0.2, 0) is 9.53 Å². The molecule has 0 amide bonds. The molecule has 1 heterocycles. The number of halogens is 1. The molecule has 0 spiro atoms. The van der Waals surface area contributed by atoms with E-state index in [1.807, 2.05) is 12.3 Å². The fourth-order valence-electron chi connectivity index (χ4n) is 1.56. The van der Waals surface area contributed by atoms with Gasteiger partial charge >= 0.3 is 5.97 Å². The summed E-state index contributed by atoms with van der Waals surface area (Å²) >= 11 is 1.38. The quantitative estimate of drug-likeness (QED) is 0.875. The third-order valence-electron chi connectivity index (χ3n) is 2.48. The number of aromatic nitrogens is 1. The number of aryl methyl sites for hydroxylation is 1. The maximum Gasteiger partial charge on any atom is 0.335 e. The lowest BCUT2D eigenvalue weighted by atomic mass is 10.2. The first kappa shape index (κ1) is 13.5. The van der Waals surface area contributed by atoms with Crippen molar-refractivity contribution in [3.63, 3.8) is 0 Å². The number of carbonyl (C=O) groups is 1. The highest BCUT2D eigenvalue weighted by Crippen LogP contribution is 2.24. The molecule has 0 fully saturated rings. The monoisotopic (exact) mass is 280 g/mol. The van der Waals surface area contributed by atoms with Crippen molar-refractivity contribution >= 4 is 23.0 Å². The lowest BCUT2D eigenvalue weighted by Crippen LogP contribution is -2.22. The minimum absolute atomic E-state index is 0.328. The number of nitrogens with one attached hydrogen (secondary N) is 1. The molecule has 1 N–H and O–H groups in total. The number of rotatable bonds is 4. The van der Waals surface area contributed by atoms with Gasteiger partial charge in [0.15, 0.2) is 6.04 Å². The van der Waals surface area contributed by atoms with Gasteiger partial charge in [-0.2, -0.15) is 0 Å². The van der Waals surface area contributed by atoms with E-state index >= 15 is 0 Å². The smallest absolute Gasteiger partial charge is 0.335 e. The van der Waals surface area contributed by atoms with Crippen molar-refractivity contribution < 1.29 is 13.9 Å². The summed E-state index contributed by atoms with van der Waals surface area (Å²) in [5.74, 6) is -0.760. The number of anilines is 1. The second-order valence-electron chi connectivity index (χ2n) is 3.93. The molecule has 6 heteroatoms. The lowest BCUT2D eigenvalue weighted by molar-refractivity contribution is -0.141. The van der Waals surface area contributed by atoms with Gasteiger partial charge in [0.25, 0.3) is 0 Å². The van der Waals surface area contributed by atoms with E-state index in [9.17, 15) is 9.18 Å². The molecule has 1 unspecified atom stereocenters. The minimum Gasteiger partial charge on any atom is -0.467 e. The zero-order valence-electron chi connectivity index (χ0n) is 10.5. The van der Waals surface area contributed by atoms with Crippen LogP contribution in [-0.4, -0.2) is 18.1 Å². The van der Waals surface area contributed by atoms with Gasteiger partial charge in [-0.15, -0.1) is 11.3 Å². The topological polar surface area (TPSA) is 51.2 Å². The fourth-order valence-corrected chi connectivity index (χ4v) is 2.39. The van der Waals surface area contributed by atoms with E-state index in [1.54, 1.807) is 12.1 Å². The van der Waals surface area contributed by atoms with E-state index in [0.717, 1.165) is 5.69 Å². The van der Waals surface area contributed by atoms with Crippen LogP contribution < -0.4 is 5.32 Å². The lowest BCUT2D eigenvalue weighted by Gasteiger charge is -2.15. The number of methoxy groups -OCH3 is 1. The highest BCUT2D eigenvalue weighted by Gasteiger charge is 2.24. The van der Waals surface area contributed by atoms with Gasteiger partial charge in [-0.25, -0.2) is 14.2 Å². The van der Waals surface area contributed by atoms with Crippen LogP contribution in [0.25, 0.3) is 0 Å². The Labute approximate surface area is 114 Å². The van der Waals surface area contributed by atoms with Gasteiger partial charge in [0.1, 0.15) is 10.8 Å². The van der Waals surface area contributed by atoms with Crippen molar-refractivity contribution in [2.45, 2.75) is 13.0 Å². The fraction of sp³-hybridized carbons (Fsp3) is 0.231. The molecule has 0 saturated carbocycles. The Balaban J connectivity index is 2.23. The molecule has 2 rings (SSSR count). The normalized spacial score (nSPS) is 11.9. The molecule has 1 aromatic heterocycles. The standard InChI is InChI=1S/C13H13FN2O2S/c1-8-7-19-12(15-8)11(13(17)18-2)16-10-5-3-9(14)4-6-10/h3-7,11,16H,1-2H3. The van der Waals surface area contributed by atoms with Crippen LogP contribution in [0.15, 0.2) is 29.6 Å². The first-order valence-corrected chi connectivity index (χ1v) is 6.50. The summed E-state index contributed by atoms with van der Waals surface area (Å²) in [6, 6.07) is 5.08. The second-order valence-corrected chi connectivity index (χ2v) is 4.82. The number of benzene rings is 1. The van der Waals surface area contributed by atoms with Crippen LogP contribution >= 0.6 is 11.3 Å². The molecule has 100 valence electrons. The molecular formula is C13H13FN2O2S. The van der Waals surface area contributed by atoms with Crippen molar-refractivity contribution in [3.8, 4) is 0 Å². The Bertz CT molecular complexity index is 568. The van der Waals surface area contributed by atoms with Crippen molar-refractivity contribution in [2.75, 3.05) is 12.4 Å². The average molecular weight is 280 g/mol. The summed E-state index contributed by atoms with van der Waals surface area (Å²) in [5.41, 5.74) is 1.47. The number of carbonyl (C=O) groups excluding carboxylic acids is 1. The molecule has 0 bridgehead atoms. The van der Waals surface area contributed by atoms with Crippen LogP contribution in [0.5, 0.6) is 0 Å². The molecule has 1 atom stereocenters. The average Bonchev–Trinajstić information content (AvgIpc) is 2.83. The Morgan fingerprint density at radius 1 is 1.42 bits per heavy atom. The molecule has 19 heavy (non-hydrogen) atoms. The maximum absolute atomic E-state index is 12.8. The zero-order valence-corrected chi connectivity index (χ0v) is 11.3. The third kappa shape index (κ3) is 3.29. The van der Waals surface area contributed by atoms with Crippen molar-refractivity contribution in [1.29, 1.82) is 0 Å². The van der Waals surface area contributed by atoms with Crippen LogP contribution in [0, 0.1) is 12.7 Å². The van der Waals surface area contributed by atoms with Gasteiger partial charge in [0.05, 0.1) is 7.11 Å². The summed E-state index contributed by atoms with van der Waals surface area (Å²) < 4.78 is 17.6. The SMILES string of the molecule is COC(=O)C(Nc1ccc(F)cc1)c1nc(C)cs1. The number of hydrogen-bond acceptors (Lipinski definition) is 5. The zero-order chi connectivity index (χ0) is 13.8. The first-order valence-electron chi connectivity index (χ1n) is 5.62. The van der Waals surface area contributed by atoms with E-state index in [1.165, 1.54) is 30.6 Å². The van der Waals surface area contributed by atoms with Gasteiger partial charge in [0.2, 0.25) is 0 Å².